The maximum Gasteiger partial charge on any atom is 0.264 e. The summed E-state index contributed by atoms with van der Waals surface area (Å²) in [6, 6.07) is 2.19. The molecular formula is C14H19ClFNO3S. The van der Waals surface area contributed by atoms with Gasteiger partial charge in [0.05, 0.1) is 0 Å². The normalized spacial score (nSPS) is 13.3. The second-order valence-electron chi connectivity index (χ2n) is 5.55. The fourth-order valence-corrected chi connectivity index (χ4v) is 3.10. The smallest absolute Gasteiger partial charge is 0.264 e. The highest BCUT2D eigenvalue weighted by molar-refractivity contribution is 8.13. The predicted octanol–water partition coefficient (Wildman–Crippen LogP) is 3.23. The molecule has 0 aliphatic heterocycles. The average Bonchev–Trinajstić information content (AvgIpc) is 2.29. The summed E-state index contributed by atoms with van der Waals surface area (Å²) in [5, 5.41) is 2.75. The molecule has 0 saturated carbocycles. The van der Waals surface area contributed by atoms with Gasteiger partial charge in [0.1, 0.15) is 10.7 Å². The fourth-order valence-electron chi connectivity index (χ4n) is 2.12. The van der Waals surface area contributed by atoms with E-state index in [9.17, 15) is 17.6 Å². The fraction of sp³-hybridized carbons (Fsp3) is 0.500. The summed E-state index contributed by atoms with van der Waals surface area (Å²) in [5.41, 5.74) is 0.127. The standard InChI is InChI=1S/C14H19ClFNO3S/c1-8(2)5-10(4)17-14(18)11-6-9(3)13(16)12(7-11)21(15,19)20/h6-8,10H,5H2,1-4H3,(H,17,18). The van der Waals surface area contributed by atoms with Crippen LogP contribution in [0, 0.1) is 18.7 Å². The van der Waals surface area contributed by atoms with Crippen molar-refractivity contribution in [2.45, 2.75) is 45.1 Å². The van der Waals surface area contributed by atoms with E-state index in [0.717, 1.165) is 12.5 Å². The minimum absolute atomic E-state index is 0.0541. The Morgan fingerprint density at radius 2 is 1.90 bits per heavy atom. The minimum atomic E-state index is -4.24. The maximum atomic E-state index is 13.8. The highest BCUT2D eigenvalue weighted by Gasteiger charge is 2.21. The van der Waals surface area contributed by atoms with Gasteiger partial charge in [0.25, 0.3) is 15.0 Å². The van der Waals surface area contributed by atoms with Gasteiger partial charge in [-0.3, -0.25) is 4.79 Å². The molecule has 4 nitrogen and oxygen atoms in total. The van der Waals surface area contributed by atoms with Crippen molar-refractivity contribution >= 4 is 25.6 Å². The van der Waals surface area contributed by atoms with Crippen molar-refractivity contribution in [3.8, 4) is 0 Å². The molecule has 0 spiro atoms. The summed E-state index contributed by atoms with van der Waals surface area (Å²) in [4.78, 5) is 11.4. The zero-order chi connectivity index (χ0) is 16.4. The molecule has 0 radical (unpaired) electrons. The summed E-state index contributed by atoms with van der Waals surface area (Å²) in [7, 11) is 0.945. The lowest BCUT2D eigenvalue weighted by atomic mass is 10.0. The lowest BCUT2D eigenvalue weighted by Gasteiger charge is -2.16. The topological polar surface area (TPSA) is 63.2 Å². The van der Waals surface area contributed by atoms with Gasteiger partial charge in [0, 0.05) is 22.3 Å². The van der Waals surface area contributed by atoms with Crippen LogP contribution in [0.25, 0.3) is 0 Å². The van der Waals surface area contributed by atoms with Crippen LogP contribution in [0.4, 0.5) is 4.39 Å². The Morgan fingerprint density at radius 1 is 1.33 bits per heavy atom. The third kappa shape index (κ3) is 4.97. The molecule has 0 saturated heterocycles. The Hall–Kier alpha value is -1.14. The number of halogens is 2. The van der Waals surface area contributed by atoms with Crippen LogP contribution in [0.1, 0.15) is 43.1 Å². The van der Waals surface area contributed by atoms with Crippen LogP contribution in [-0.2, 0) is 9.05 Å². The van der Waals surface area contributed by atoms with Gasteiger partial charge in [-0.25, -0.2) is 12.8 Å². The van der Waals surface area contributed by atoms with E-state index in [4.69, 9.17) is 10.7 Å². The summed E-state index contributed by atoms with van der Waals surface area (Å²) < 4.78 is 36.5. The first-order chi connectivity index (χ1) is 9.52. The molecule has 0 aliphatic rings. The molecule has 1 N–H and O–H groups in total. The lowest BCUT2D eigenvalue weighted by Crippen LogP contribution is -2.33. The zero-order valence-electron chi connectivity index (χ0n) is 12.4. The number of hydrogen-bond donors (Lipinski definition) is 1. The van der Waals surface area contributed by atoms with Crippen LogP contribution in [0.15, 0.2) is 17.0 Å². The Morgan fingerprint density at radius 3 is 2.38 bits per heavy atom. The van der Waals surface area contributed by atoms with E-state index >= 15 is 0 Å². The quantitative estimate of drug-likeness (QED) is 0.840. The first-order valence-electron chi connectivity index (χ1n) is 6.58. The van der Waals surface area contributed by atoms with Gasteiger partial charge in [0.2, 0.25) is 0 Å². The molecule has 118 valence electrons. The van der Waals surface area contributed by atoms with Crippen LogP contribution in [0.5, 0.6) is 0 Å². The highest BCUT2D eigenvalue weighted by Crippen LogP contribution is 2.23. The first kappa shape index (κ1) is 17.9. The van der Waals surface area contributed by atoms with Crippen molar-refractivity contribution in [2.24, 2.45) is 5.92 Å². The number of amides is 1. The Bertz CT molecular complexity index is 644. The first-order valence-corrected chi connectivity index (χ1v) is 8.89. The number of rotatable bonds is 5. The van der Waals surface area contributed by atoms with Crippen molar-refractivity contribution < 1.29 is 17.6 Å². The highest BCUT2D eigenvalue weighted by atomic mass is 35.7. The van der Waals surface area contributed by atoms with Crippen LogP contribution < -0.4 is 5.32 Å². The molecule has 1 unspecified atom stereocenters. The van der Waals surface area contributed by atoms with E-state index < -0.39 is 25.7 Å². The Labute approximate surface area is 129 Å². The SMILES string of the molecule is Cc1cc(C(=O)NC(C)CC(C)C)cc(S(=O)(=O)Cl)c1F. The van der Waals surface area contributed by atoms with E-state index in [2.05, 4.69) is 5.32 Å². The van der Waals surface area contributed by atoms with Crippen LogP contribution in [0.2, 0.25) is 0 Å². The zero-order valence-corrected chi connectivity index (χ0v) is 14.0. The van der Waals surface area contributed by atoms with Gasteiger partial charge in [-0.15, -0.1) is 0 Å². The average molecular weight is 336 g/mol. The van der Waals surface area contributed by atoms with Crippen molar-refractivity contribution in [3.05, 3.63) is 29.1 Å². The summed E-state index contributed by atoms with van der Waals surface area (Å²) >= 11 is 0. The molecule has 1 atom stereocenters. The van der Waals surface area contributed by atoms with Crippen molar-refractivity contribution in [3.63, 3.8) is 0 Å². The number of hydrogen-bond acceptors (Lipinski definition) is 3. The largest absolute Gasteiger partial charge is 0.350 e. The number of benzene rings is 1. The second kappa shape index (κ2) is 6.75. The molecule has 0 bridgehead atoms. The van der Waals surface area contributed by atoms with E-state index in [-0.39, 0.29) is 17.2 Å². The maximum absolute atomic E-state index is 13.8. The van der Waals surface area contributed by atoms with Gasteiger partial charge in [-0.05, 0) is 43.9 Å². The predicted molar refractivity (Wildman–Crippen MR) is 80.6 cm³/mol. The van der Waals surface area contributed by atoms with Crippen LogP contribution in [0.3, 0.4) is 0 Å². The summed E-state index contributed by atoms with van der Waals surface area (Å²) in [5.74, 6) is -0.973. The van der Waals surface area contributed by atoms with Gasteiger partial charge < -0.3 is 5.32 Å². The molecule has 1 rings (SSSR count). The van der Waals surface area contributed by atoms with E-state index in [0.29, 0.717) is 5.92 Å². The minimum Gasteiger partial charge on any atom is -0.350 e. The molecular weight excluding hydrogens is 317 g/mol. The molecule has 0 aromatic heterocycles. The molecule has 0 heterocycles. The molecule has 21 heavy (non-hydrogen) atoms. The van der Waals surface area contributed by atoms with Crippen molar-refractivity contribution in [1.29, 1.82) is 0 Å². The van der Waals surface area contributed by atoms with E-state index in [1.807, 2.05) is 20.8 Å². The number of nitrogens with one attached hydrogen (secondary N) is 1. The van der Waals surface area contributed by atoms with E-state index in [1.54, 1.807) is 0 Å². The van der Waals surface area contributed by atoms with Gasteiger partial charge in [-0.1, -0.05) is 13.8 Å². The van der Waals surface area contributed by atoms with Gasteiger partial charge in [-0.2, -0.15) is 0 Å². The van der Waals surface area contributed by atoms with Crippen LogP contribution in [-0.4, -0.2) is 20.4 Å². The molecule has 0 aliphatic carbocycles. The monoisotopic (exact) mass is 335 g/mol. The second-order valence-corrected chi connectivity index (χ2v) is 8.08. The Kier molecular flexibility index (Phi) is 5.75. The van der Waals surface area contributed by atoms with E-state index in [1.165, 1.54) is 13.0 Å². The van der Waals surface area contributed by atoms with Crippen molar-refractivity contribution in [1.82, 2.24) is 5.32 Å². The number of carbonyl (C=O) groups excluding carboxylic acids is 1. The third-order valence-corrected chi connectivity index (χ3v) is 4.27. The number of carbonyl (C=O) groups is 1. The summed E-state index contributed by atoms with van der Waals surface area (Å²) in [6.07, 6.45) is 0.784. The van der Waals surface area contributed by atoms with Gasteiger partial charge in [0.15, 0.2) is 0 Å². The molecule has 1 aromatic carbocycles. The molecule has 1 amide bonds. The molecule has 0 fully saturated rings. The summed E-state index contributed by atoms with van der Waals surface area (Å²) in [6.45, 7) is 7.30. The van der Waals surface area contributed by atoms with Gasteiger partial charge >= 0.3 is 0 Å². The van der Waals surface area contributed by atoms with Crippen LogP contribution >= 0.6 is 10.7 Å². The third-order valence-electron chi connectivity index (χ3n) is 2.95. The molecule has 7 heteroatoms. The number of aryl methyl sites for hydroxylation is 1. The Balaban J connectivity index is 3.09. The lowest BCUT2D eigenvalue weighted by molar-refractivity contribution is 0.0935. The molecule has 1 aromatic rings. The van der Waals surface area contributed by atoms with Crippen molar-refractivity contribution in [2.75, 3.05) is 0 Å².